The van der Waals surface area contributed by atoms with Crippen LogP contribution in [-0.4, -0.2) is 28.1 Å². The van der Waals surface area contributed by atoms with Gasteiger partial charge in [-0.1, -0.05) is 0 Å². The highest BCUT2D eigenvalue weighted by Gasteiger charge is 2.24. The summed E-state index contributed by atoms with van der Waals surface area (Å²) in [5, 5.41) is 0.0534. The fourth-order valence-electron chi connectivity index (χ4n) is 3.91. The maximum atomic E-state index is 14.9. The van der Waals surface area contributed by atoms with Gasteiger partial charge in [-0.3, -0.25) is 18.5 Å². The first kappa shape index (κ1) is 20.5. The van der Waals surface area contributed by atoms with Crippen molar-refractivity contribution < 1.29 is 8.78 Å². The zero-order valence-electron chi connectivity index (χ0n) is 15.5. The molecule has 1 atom stereocenters. The largest absolute Gasteiger partial charge is 0.367 e. The minimum atomic E-state index is -0.541. The van der Waals surface area contributed by atoms with Crippen LogP contribution in [0.15, 0.2) is 46.0 Å². The molecule has 5 rings (SSSR count). The van der Waals surface area contributed by atoms with Crippen LogP contribution in [0.2, 0.25) is 0 Å². The summed E-state index contributed by atoms with van der Waals surface area (Å²) in [7, 11) is 0. The van der Waals surface area contributed by atoms with Crippen LogP contribution in [0.5, 0.6) is 0 Å². The van der Waals surface area contributed by atoms with Gasteiger partial charge in [-0.15, -0.1) is 12.4 Å². The van der Waals surface area contributed by atoms with Crippen molar-refractivity contribution in [2.75, 3.05) is 18.0 Å². The van der Waals surface area contributed by atoms with Crippen molar-refractivity contribution in [1.29, 1.82) is 0 Å². The van der Waals surface area contributed by atoms with Crippen molar-refractivity contribution in [1.82, 2.24) is 8.94 Å². The van der Waals surface area contributed by atoms with E-state index < -0.39 is 22.6 Å². The van der Waals surface area contributed by atoms with E-state index in [4.69, 9.17) is 5.73 Å². The first-order valence-corrected chi connectivity index (χ1v) is 9.91. The van der Waals surface area contributed by atoms with E-state index in [2.05, 4.69) is 4.37 Å². The molecule has 2 aromatic heterocycles. The number of aromatic amines is 1. The van der Waals surface area contributed by atoms with Gasteiger partial charge < -0.3 is 10.6 Å². The summed E-state index contributed by atoms with van der Waals surface area (Å²) in [6.45, 7) is 1.13. The topological polar surface area (TPSA) is 84.1 Å². The number of nitrogens with two attached hydrogens (primary N) is 1. The average Bonchev–Trinajstić information content (AvgIpc) is 3.29. The standard InChI is InChI=1S/C20H16F2N4O2S.ClH/c21-10-1-3-12(4-2-10)26-15-8-16(25-6-5-11(23)9-25)14(22)7-13(15)18(27)17-19(28)24-29-20(17)26;/h1-4,7-8,11H,5-6,9,23H2,(H,24,28);1H. The van der Waals surface area contributed by atoms with Gasteiger partial charge in [-0.05, 0) is 54.4 Å². The van der Waals surface area contributed by atoms with E-state index in [1.54, 1.807) is 22.8 Å². The van der Waals surface area contributed by atoms with Gasteiger partial charge in [0.2, 0.25) is 5.43 Å². The molecule has 4 aromatic rings. The van der Waals surface area contributed by atoms with Crippen LogP contribution in [0.25, 0.3) is 26.8 Å². The van der Waals surface area contributed by atoms with Crippen molar-refractivity contribution in [2.45, 2.75) is 12.5 Å². The number of aromatic nitrogens is 2. The normalized spacial score (nSPS) is 16.4. The third-order valence-electron chi connectivity index (χ3n) is 5.31. The average molecular weight is 451 g/mol. The predicted octanol–water partition coefficient (Wildman–Crippen LogP) is 3.13. The first-order chi connectivity index (χ1) is 13.9. The van der Waals surface area contributed by atoms with Crippen molar-refractivity contribution >= 4 is 50.7 Å². The second kappa shape index (κ2) is 7.50. The molecule has 6 nitrogen and oxygen atoms in total. The highest BCUT2D eigenvalue weighted by Crippen LogP contribution is 2.31. The number of hydrogen-bond acceptors (Lipinski definition) is 5. The molecule has 0 spiro atoms. The van der Waals surface area contributed by atoms with Crippen molar-refractivity contribution in [3.8, 4) is 5.69 Å². The Hall–Kier alpha value is -2.75. The van der Waals surface area contributed by atoms with Gasteiger partial charge in [-0.25, -0.2) is 8.78 Å². The number of halogens is 3. The quantitative estimate of drug-likeness (QED) is 0.491. The van der Waals surface area contributed by atoms with Gasteiger partial charge >= 0.3 is 0 Å². The van der Waals surface area contributed by atoms with Crippen molar-refractivity contribution in [3.05, 3.63) is 68.6 Å². The Bertz CT molecular complexity index is 1380. The van der Waals surface area contributed by atoms with E-state index in [1.807, 2.05) is 4.90 Å². The second-order valence-corrected chi connectivity index (χ2v) is 7.96. The van der Waals surface area contributed by atoms with Crippen LogP contribution in [0, 0.1) is 11.6 Å². The van der Waals surface area contributed by atoms with Gasteiger partial charge in [0.15, 0.2) is 0 Å². The number of nitrogens with zero attached hydrogens (tertiary/aromatic N) is 2. The summed E-state index contributed by atoms with van der Waals surface area (Å²) >= 11 is 1.02. The van der Waals surface area contributed by atoms with Crippen LogP contribution in [0.3, 0.4) is 0 Å². The van der Waals surface area contributed by atoms with Crippen LogP contribution in [0.1, 0.15) is 6.42 Å². The number of nitrogens with one attached hydrogen (secondary N) is 1. The maximum absolute atomic E-state index is 14.9. The number of fused-ring (bicyclic) bond motifs is 2. The summed E-state index contributed by atoms with van der Waals surface area (Å²) in [6, 6.07) is 8.44. The van der Waals surface area contributed by atoms with Gasteiger partial charge in [-0.2, -0.15) is 0 Å². The van der Waals surface area contributed by atoms with Gasteiger partial charge in [0.05, 0.1) is 16.6 Å². The molecule has 0 amide bonds. The van der Waals surface area contributed by atoms with E-state index in [9.17, 15) is 18.4 Å². The lowest BCUT2D eigenvalue weighted by Crippen LogP contribution is -2.27. The smallest absolute Gasteiger partial charge is 0.271 e. The molecule has 1 aliphatic rings. The van der Waals surface area contributed by atoms with Crippen LogP contribution in [-0.2, 0) is 0 Å². The van der Waals surface area contributed by atoms with E-state index in [0.29, 0.717) is 34.8 Å². The Balaban J connectivity index is 0.00000218. The summed E-state index contributed by atoms with van der Waals surface area (Å²) < 4.78 is 32.7. The molecule has 30 heavy (non-hydrogen) atoms. The monoisotopic (exact) mass is 450 g/mol. The third-order valence-corrected chi connectivity index (χ3v) is 6.18. The SMILES string of the molecule is Cl.NC1CCN(c2cc3c(cc2F)c(=O)c2c(=O)[nH]sc2n3-c2ccc(F)cc2)C1. The van der Waals surface area contributed by atoms with Gasteiger partial charge in [0.25, 0.3) is 5.56 Å². The Morgan fingerprint density at radius 1 is 1.13 bits per heavy atom. The highest BCUT2D eigenvalue weighted by atomic mass is 35.5. The Labute approximate surface area is 179 Å². The third kappa shape index (κ3) is 3.10. The fraction of sp³-hybridized carbons (Fsp3) is 0.200. The number of anilines is 1. The molecule has 156 valence electrons. The number of hydrogen-bond donors (Lipinski definition) is 2. The van der Waals surface area contributed by atoms with Crippen LogP contribution < -0.4 is 21.6 Å². The molecular formula is C20H17ClF2N4O2S. The molecule has 1 unspecified atom stereocenters. The summed E-state index contributed by atoms with van der Waals surface area (Å²) in [5.41, 5.74) is 6.27. The second-order valence-electron chi connectivity index (χ2n) is 7.17. The van der Waals surface area contributed by atoms with E-state index in [1.165, 1.54) is 18.2 Å². The summed E-state index contributed by atoms with van der Waals surface area (Å²) in [4.78, 5) is 27.4. The molecule has 1 fully saturated rings. The van der Waals surface area contributed by atoms with Gasteiger partial charge in [0.1, 0.15) is 21.9 Å². The van der Waals surface area contributed by atoms with Gasteiger partial charge in [0, 0.05) is 24.8 Å². The molecule has 1 saturated heterocycles. The number of pyridine rings is 1. The molecule has 0 bridgehead atoms. The predicted molar refractivity (Wildman–Crippen MR) is 118 cm³/mol. The molecule has 0 radical (unpaired) electrons. The van der Waals surface area contributed by atoms with E-state index in [0.717, 1.165) is 18.0 Å². The molecule has 0 saturated carbocycles. The Morgan fingerprint density at radius 2 is 1.87 bits per heavy atom. The minimum absolute atomic E-state index is 0. The first-order valence-electron chi connectivity index (χ1n) is 9.10. The van der Waals surface area contributed by atoms with Crippen molar-refractivity contribution in [3.63, 3.8) is 0 Å². The summed E-state index contributed by atoms with van der Waals surface area (Å²) in [6.07, 6.45) is 0.751. The molecule has 2 aromatic carbocycles. The zero-order valence-corrected chi connectivity index (χ0v) is 17.2. The number of rotatable bonds is 2. The fourth-order valence-corrected chi connectivity index (χ4v) is 4.78. The molecule has 1 aliphatic heterocycles. The molecular weight excluding hydrogens is 434 g/mol. The maximum Gasteiger partial charge on any atom is 0.271 e. The highest BCUT2D eigenvalue weighted by molar-refractivity contribution is 7.12. The number of benzene rings is 2. The zero-order chi connectivity index (χ0) is 20.3. The number of H-pyrrole nitrogens is 1. The Kier molecular flexibility index (Phi) is 5.13. The minimum Gasteiger partial charge on any atom is -0.367 e. The van der Waals surface area contributed by atoms with Crippen LogP contribution >= 0.6 is 23.9 Å². The lowest BCUT2D eigenvalue weighted by atomic mass is 10.1. The van der Waals surface area contributed by atoms with E-state index >= 15 is 0 Å². The molecule has 10 heteroatoms. The van der Waals surface area contributed by atoms with E-state index in [-0.39, 0.29) is 29.2 Å². The molecule has 3 N–H and O–H groups in total. The molecule has 3 heterocycles. The summed E-state index contributed by atoms with van der Waals surface area (Å²) in [5.74, 6) is -0.948. The van der Waals surface area contributed by atoms with Crippen LogP contribution in [0.4, 0.5) is 14.5 Å². The lowest BCUT2D eigenvalue weighted by molar-refractivity contribution is 0.624. The van der Waals surface area contributed by atoms with Crippen molar-refractivity contribution in [2.24, 2.45) is 5.73 Å². The lowest BCUT2D eigenvalue weighted by Gasteiger charge is -2.21. The molecule has 0 aliphatic carbocycles. The Morgan fingerprint density at radius 3 is 2.53 bits per heavy atom.